The molecule has 0 saturated heterocycles. The summed E-state index contributed by atoms with van der Waals surface area (Å²) >= 11 is 2.40. The summed E-state index contributed by atoms with van der Waals surface area (Å²) in [7, 11) is 0. The molecular weight excluding hydrogens is 388 g/mol. The summed E-state index contributed by atoms with van der Waals surface area (Å²) in [5, 5.41) is 19.8. The summed E-state index contributed by atoms with van der Waals surface area (Å²) in [6, 6.07) is 7.33. The fourth-order valence-electron chi connectivity index (χ4n) is 2.40. The molecular formula is C17H12N4O4S2. The molecule has 1 aliphatic heterocycles. The second-order valence-corrected chi connectivity index (χ2v) is 7.40. The molecule has 27 heavy (non-hydrogen) atoms. The van der Waals surface area contributed by atoms with E-state index in [2.05, 4.69) is 15.2 Å². The standard InChI is InChI=1S/C17H12N4O4S2/c1-9-6-26-16(19-9)11(5-18)12(22)7-27-17-21-20-15(25-17)10-2-3-13-14(4-10)24-8-23-13/h2-4,6,11H,7-8H2,1H3/t11-/m0/s1. The van der Waals surface area contributed by atoms with Crippen molar-refractivity contribution in [3.05, 3.63) is 34.3 Å². The second-order valence-electron chi connectivity index (χ2n) is 5.59. The highest BCUT2D eigenvalue weighted by Crippen LogP contribution is 2.36. The lowest BCUT2D eigenvalue weighted by molar-refractivity contribution is -0.116. The van der Waals surface area contributed by atoms with E-state index in [0.717, 1.165) is 17.5 Å². The van der Waals surface area contributed by atoms with Gasteiger partial charge in [-0.25, -0.2) is 4.98 Å². The van der Waals surface area contributed by atoms with Crippen molar-refractivity contribution in [3.8, 4) is 29.0 Å². The summed E-state index contributed by atoms with van der Waals surface area (Å²) in [5.74, 6) is 0.506. The van der Waals surface area contributed by atoms with Gasteiger partial charge in [-0.1, -0.05) is 11.8 Å². The number of carbonyl (C=O) groups excluding carboxylic acids is 1. The van der Waals surface area contributed by atoms with Crippen molar-refractivity contribution >= 4 is 28.9 Å². The Labute approximate surface area is 162 Å². The Morgan fingerprint density at radius 2 is 2.22 bits per heavy atom. The van der Waals surface area contributed by atoms with E-state index in [0.29, 0.717) is 28.0 Å². The predicted octanol–water partition coefficient (Wildman–Crippen LogP) is 3.20. The Morgan fingerprint density at radius 3 is 3.00 bits per heavy atom. The molecule has 0 saturated carbocycles. The Bertz CT molecular complexity index is 1040. The van der Waals surface area contributed by atoms with Gasteiger partial charge in [-0.2, -0.15) is 5.26 Å². The lowest BCUT2D eigenvalue weighted by Crippen LogP contribution is -2.13. The SMILES string of the molecule is Cc1csc([C@@H](C#N)C(=O)CSc2nnc(-c3ccc4c(c3)OCO4)o2)n1. The van der Waals surface area contributed by atoms with E-state index in [-0.39, 0.29) is 23.6 Å². The Balaban J connectivity index is 1.42. The van der Waals surface area contributed by atoms with Gasteiger partial charge in [0.05, 0.1) is 11.8 Å². The molecule has 1 atom stereocenters. The first-order valence-electron chi connectivity index (χ1n) is 7.84. The minimum absolute atomic E-state index is 0.0413. The van der Waals surface area contributed by atoms with Crippen molar-refractivity contribution in [1.82, 2.24) is 15.2 Å². The molecule has 3 aromatic rings. The highest BCUT2D eigenvalue weighted by Gasteiger charge is 2.24. The van der Waals surface area contributed by atoms with E-state index in [1.165, 1.54) is 11.3 Å². The number of carbonyl (C=O) groups is 1. The highest BCUT2D eigenvalue weighted by molar-refractivity contribution is 7.99. The van der Waals surface area contributed by atoms with E-state index in [1.54, 1.807) is 18.2 Å². The molecule has 3 heterocycles. The highest BCUT2D eigenvalue weighted by atomic mass is 32.2. The van der Waals surface area contributed by atoms with Crippen molar-refractivity contribution in [2.24, 2.45) is 0 Å². The monoisotopic (exact) mass is 400 g/mol. The van der Waals surface area contributed by atoms with Crippen LogP contribution in [0.15, 0.2) is 33.2 Å². The van der Waals surface area contributed by atoms with Crippen molar-refractivity contribution < 1.29 is 18.7 Å². The number of hydrogen-bond donors (Lipinski definition) is 0. The van der Waals surface area contributed by atoms with Gasteiger partial charge in [0.25, 0.3) is 5.22 Å². The molecule has 10 heteroatoms. The topological polar surface area (TPSA) is 111 Å². The Hall–Kier alpha value is -2.90. The molecule has 8 nitrogen and oxygen atoms in total. The van der Waals surface area contributed by atoms with Crippen LogP contribution in [0.5, 0.6) is 11.5 Å². The number of aromatic nitrogens is 3. The third-order valence-electron chi connectivity index (χ3n) is 3.70. The van der Waals surface area contributed by atoms with Crippen LogP contribution in [-0.2, 0) is 4.79 Å². The van der Waals surface area contributed by atoms with E-state index >= 15 is 0 Å². The Kier molecular flexibility index (Phi) is 4.79. The molecule has 1 aliphatic rings. The minimum Gasteiger partial charge on any atom is -0.454 e. The number of Topliss-reactive ketones (excluding diaryl/α,β-unsaturated/α-hetero) is 1. The molecule has 4 rings (SSSR count). The Morgan fingerprint density at radius 1 is 1.37 bits per heavy atom. The summed E-state index contributed by atoms with van der Waals surface area (Å²) in [6.45, 7) is 2.01. The van der Waals surface area contributed by atoms with Crippen LogP contribution in [0.1, 0.15) is 16.6 Å². The average molecular weight is 400 g/mol. The zero-order chi connectivity index (χ0) is 18.8. The zero-order valence-electron chi connectivity index (χ0n) is 14.0. The third-order valence-corrected chi connectivity index (χ3v) is 5.57. The number of benzene rings is 1. The van der Waals surface area contributed by atoms with Crippen LogP contribution in [0, 0.1) is 18.3 Å². The zero-order valence-corrected chi connectivity index (χ0v) is 15.7. The summed E-state index contributed by atoms with van der Waals surface area (Å²) < 4.78 is 16.2. The molecule has 2 aromatic heterocycles. The van der Waals surface area contributed by atoms with Gasteiger partial charge in [-0.15, -0.1) is 21.5 Å². The molecule has 0 N–H and O–H groups in total. The van der Waals surface area contributed by atoms with Crippen molar-refractivity contribution in [2.75, 3.05) is 12.5 Å². The van der Waals surface area contributed by atoms with Crippen LogP contribution in [0.25, 0.3) is 11.5 Å². The molecule has 0 radical (unpaired) electrons. The van der Waals surface area contributed by atoms with E-state index < -0.39 is 5.92 Å². The van der Waals surface area contributed by atoms with Crippen molar-refractivity contribution in [3.63, 3.8) is 0 Å². The number of aryl methyl sites for hydroxylation is 1. The first kappa shape index (κ1) is 17.5. The van der Waals surface area contributed by atoms with Crippen LogP contribution in [0.3, 0.4) is 0 Å². The summed E-state index contributed by atoms with van der Waals surface area (Å²) in [5.41, 5.74) is 1.49. The molecule has 136 valence electrons. The maximum absolute atomic E-state index is 12.4. The van der Waals surface area contributed by atoms with Crippen LogP contribution < -0.4 is 9.47 Å². The molecule has 0 spiro atoms. The van der Waals surface area contributed by atoms with Crippen LogP contribution in [0.4, 0.5) is 0 Å². The number of ketones is 1. The predicted molar refractivity (Wildman–Crippen MR) is 96.8 cm³/mol. The molecule has 0 amide bonds. The minimum atomic E-state index is -0.882. The summed E-state index contributed by atoms with van der Waals surface area (Å²) in [4.78, 5) is 16.6. The largest absolute Gasteiger partial charge is 0.454 e. The molecule has 0 bridgehead atoms. The molecule has 1 aromatic carbocycles. The number of thioether (sulfide) groups is 1. The van der Waals surface area contributed by atoms with Gasteiger partial charge in [0.15, 0.2) is 23.2 Å². The van der Waals surface area contributed by atoms with Gasteiger partial charge in [-0.05, 0) is 25.1 Å². The molecule has 0 aliphatic carbocycles. The first-order valence-corrected chi connectivity index (χ1v) is 9.71. The quantitative estimate of drug-likeness (QED) is 0.576. The number of ether oxygens (including phenoxy) is 2. The molecule has 0 unspecified atom stereocenters. The first-order chi connectivity index (χ1) is 13.1. The number of hydrogen-bond acceptors (Lipinski definition) is 10. The van der Waals surface area contributed by atoms with Gasteiger partial charge >= 0.3 is 0 Å². The van der Waals surface area contributed by atoms with Gasteiger partial charge < -0.3 is 13.9 Å². The number of thiazole rings is 1. The van der Waals surface area contributed by atoms with E-state index in [4.69, 9.17) is 13.9 Å². The fourth-order valence-corrected chi connectivity index (χ4v) is 3.93. The lowest BCUT2D eigenvalue weighted by atomic mass is 10.1. The van der Waals surface area contributed by atoms with Gasteiger partial charge in [0, 0.05) is 16.6 Å². The smallest absolute Gasteiger partial charge is 0.277 e. The number of nitrogens with zero attached hydrogens (tertiary/aromatic N) is 4. The lowest BCUT2D eigenvalue weighted by Gasteiger charge is -2.03. The van der Waals surface area contributed by atoms with Crippen LogP contribution >= 0.6 is 23.1 Å². The van der Waals surface area contributed by atoms with Crippen molar-refractivity contribution in [1.29, 1.82) is 5.26 Å². The summed E-state index contributed by atoms with van der Waals surface area (Å²) in [6.07, 6.45) is 0. The third kappa shape index (κ3) is 3.65. The van der Waals surface area contributed by atoms with Crippen molar-refractivity contribution in [2.45, 2.75) is 18.1 Å². The van der Waals surface area contributed by atoms with Crippen LogP contribution in [-0.4, -0.2) is 33.5 Å². The van der Waals surface area contributed by atoms with Crippen LogP contribution in [0.2, 0.25) is 0 Å². The fraction of sp³-hybridized carbons (Fsp3) is 0.235. The van der Waals surface area contributed by atoms with E-state index in [9.17, 15) is 10.1 Å². The number of rotatable bonds is 6. The van der Waals surface area contributed by atoms with Gasteiger partial charge in [0.2, 0.25) is 12.7 Å². The maximum atomic E-state index is 12.4. The second kappa shape index (κ2) is 7.38. The van der Waals surface area contributed by atoms with Gasteiger partial charge in [-0.3, -0.25) is 4.79 Å². The van der Waals surface area contributed by atoms with E-state index in [1.807, 2.05) is 18.4 Å². The normalized spacial score (nSPS) is 13.3. The number of fused-ring (bicyclic) bond motifs is 1. The molecule has 0 fully saturated rings. The number of nitriles is 1. The maximum Gasteiger partial charge on any atom is 0.277 e. The van der Waals surface area contributed by atoms with Gasteiger partial charge in [0.1, 0.15) is 5.01 Å². The average Bonchev–Trinajstić information content (AvgIpc) is 3.40.